The number of rotatable bonds is 6. The van der Waals surface area contributed by atoms with Gasteiger partial charge in [-0.3, -0.25) is 4.79 Å². The summed E-state index contributed by atoms with van der Waals surface area (Å²) in [7, 11) is 1.54. The highest BCUT2D eigenvalue weighted by atomic mass is 19.1. The predicted molar refractivity (Wildman–Crippen MR) is 127 cm³/mol. The first-order chi connectivity index (χ1) is 16.0. The van der Waals surface area contributed by atoms with Crippen LogP contribution in [0.3, 0.4) is 0 Å². The number of para-hydroxylation sites is 1. The lowest BCUT2D eigenvalue weighted by Gasteiger charge is -2.10. The van der Waals surface area contributed by atoms with Gasteiger partial charge in [-0.1, -0.05) is 42.5 Å². The quantitative estimate of drug-likeness (QED) is 0.310. The number of hydrogen-bond acceptors (Lipinski definition) is 3. The van der Waals surface area contributed by atoms with Crippen molar-refractivity contribution in [3.8, 4) is 11.8 Å². The normalized spacial score (nSPS) is 11.3. The predicted octanol–water partition coefficient (Wildman–Crippen LogP) is 5.69. The second-order valence-electron chi connectivity index (χ2n) is 7.55. The Hall–Kier alpha value is -4.37. The number of aromatic nitrogens is 1. The van der Waals surface area contributed by atoms with E-state index in [1.807, 2.05) is 41.8 Å². The maximum Gasteiger partial charge on any atom is 0.266 e. The summed E-state index contributed by atoms with van der Waals surface area (Å²) in [5, 5.41) is 13.3. The molecule has 0 aliphatic carbocycles. The average Bonchev–Trinajstić information content (AvgIpc) is 3.09. The number of carbonyl (C=O) groups is 1. The minimum Gasteiger partial charge on any atom is -0.497 e. The minimum atomic E-state index is -0.518. The number of carbonyl (C=O) groups excluding carboxylic acids is 1. The second kappa shape index (κ2) is 9.41. The van der Waals surface area contributed by atoms with Gasteiger partial charge in [-0.2, -0.15) is 5.26 Å². The van der Waals surface area contributed by atoms with Crippen LogP contribution in [-0.2, 0) is 11.3 Å². The lowest BCUT2D eigenvalue weighted by molar-refractivity contribution is -0.112. The highest BCUT2D eigenvalue weighted by Crippen LogP contribution is 2.29. The van der Waals surface area contributed by atoms with E-state index >= 15 is 0 Å². The van der Waals surface area contributed by atoms with Crippen LogP contribution in [0.1, 0.15) is 16.8 Å². The first kappa shape index (κ1) is 21.8. The molecule has 0 saturated carbocycles. The Balaban J connectivity index is 1.74. The van der Waals surface area contributed by atoms with E-state index in [9.17, 15) is 14.4 Å². The zero-order chi connectivity index (χ0) is 23.4. The van der Waals surface area contributed by atoms with Gasteiger partial charge in [0.25, 0.3) is 5.91 Å². The van der Waals surface area contributed by atoms with Crippen LogP contribution in [0, 0.1) is 24.1 Å². The molecular weight excluding hydrogens is 417 g/mol. The first-order valence-electron chi connectivity index (χ1n) is 10.4. The zero-order valence-corrected chi connectivity index (χ0v) is 18.3. The SMILES string of the molecule is COc1cccc(NC(=O)/C(C#N)=C/c2c(C)n(Cc3ccccc3F)c3ccccc23)c1. The van der Waals surface area contributed by atoms with Crippen molar-refractivity contribution >= 4 is 28.6 Å². The van der Waals surface area contributed by atoms with Gasteiger partial charge in [0.05, 0.1) is 13.7 Å². The number of benzene rings is 3. The van der Waals surface area contributed by atoms with Crippen molar-refractivity contribution in [2.45, 2.75) is 13.5 Å². The largest absolute Gasteiger partial charge is 0.497 e. The van der Waals surface area contributed by atoms with Crippen LogP contribution >= 0.6 is 0 Å². The molecule has 33 heavy (non-hydrogen) atoms. The Kier molecular flexibility index (Phi) is 6.23. The summed E-state index contributed by atoms with van der Waals surface area (Å²) in [6.45, 7) is 2.24. The Morgan fingerprint density at radius 2 is 1.88 bits per heavy atom. The molecule has 0 bridgehead atoms. The molecule has 0 fully saturated rings. The molecule has 1 N–H and O–H groups in total. The second-order valence-corrected chi connectivity index (χ2v) is 7.55. The van der Waals surface area contributed by atoms with Gasteiger partial charge in [-0.25, -0.2) is 4.39 Å². The fraction of sp³-hybridized carbons (Fsp3) is 0.111. The first-order valence-corrected chi connectivity index (χ1v) is 10.4. The Bertz CT molecular complexity index is 1410. The molecule has 164 valence electrons. The summed E-state index contributed by atoms with van der Waals surface area (Å²) in [5.41, 5.74) is 3.54. The number of nitrogens with zero attached hydrogens (tertiary/aromatic N) is 2. The molecule has 1 amide bonds. The number of anilines is 1. The topological polar surface area (TPSA) is 67.0 Å². The molecule has 0 unspecified atom stereocenters. The van der Waals surface area contributed by atoms with Crippen LogP contribution in [0.25, 0.3) is 17.0 Å². The molecular formula is C27H22FN3O2. The van der Waals surface area contributed by atoms with Gasteiger partial charge in [0.15, 0.2) is 0 Å². The van der Waals surface area contributed by atoms with E-state index in [1.165, 1.54) is 6.07 Å². The number of fused-ring (bicyclic) bond motifs is 1. The Morgan fingerprint density at radius 3 is 2.64 bits per heavy atom. The highest BCUT2D eigenvalue weighted by Gasteiger charge is 2.17. The monoisotopic (exact) mass is 439 g/mol. The van der Waals surface area contributed by atoms with E-state index in [0.717, 1.165) is 22.2 Å². The van der Waals surface area contributed by atoms with Crippen molar-refractivity contribution in [3.63, 3.8) is 0 Å². The van der Waals surface area contributed by atoms with Gasteiger partial charge in [0.2, 0.25) is 0 Å². The fourth-order valence-corrected chi connectivity index (χ4v) is 3.83. The lowest BCUT2D eigenvalue weighted by Crippen LogP contribution is -2.13. The molecule has 0 radical (unpaired) electrons. The minimum absolute atomic E-state index is 0.0327. The fourth-order valence-electron chi connectivity index (χ4n) is 3.83. The molecule has 4 rings (SSSR count). The van der Waals surface area contributed by atoms with Crippen LogP contribution in [0.2, 0.25) is 0 Å². The molecule has 5 nitrogen and oxygen atoms in total. The summed E-state index contributed by atoms with van der Waals surface area (Å²) < 4.78 is 21.5. The van der Waals surface area contributed by atoms with E-state index in [0.29, 0.717) is 23.5 Å². The number of halogens is 1. The zero-order valence-electron chi connectivity index (χ0n) is 18.3. The number of hydrogen-bond donors (Lipinski definition) is 1. The average molecular weight is 439 g/mol. The molecule has 1 aromatic heterocycles. The molecule has 0 saturated heterocycles. The molecule has 1 heterocycles. The van der Waals surface area contributed by atoms with E-state index in [1.54, 1.807) is 55.7 Å². The summed E-state index contributed by atoms with van der Waals surface area (Å²) in [6.07, 6.45) is 1.59. The molecule has 6 heteroatoms. The third kappa shape index (κ3) is 4.48. The molecule has 0 aliphatic rings. The van der Waals surface area contributed by atoms with Crippen LogP contribution < -0.4 is 10.1 Å². The van der Waals surface area contributed by atoms with Crippen molar-refractivity contribution in [3.05, 3.63) is 101 Å². The molecule has 3 aromatic carbocycles. The molecule has 0 atom stereocenters. The highest BCUT2D eigenvalue weighted by molar-refractivity contribution is 6.11. The summed E-state index contributed by atoms with van der Waals surface area (Å²) in [5.74, 6) is -0.194. The third-order valence-corrected chi connectivity index (χ3v) is 5.55. The van der Waals surface area contributed by atoms with Gasteiger partial charge in [0, 0.05) is 39.5 Å². The van der Waals surface area contributed by atoms with E-state index in [-0.39, 0.29) is 11.4 Å². The van der Waals surface area contributed by atoms with Crippen LogP contribution in [0.15, 0.2) is 78.4 Å². The third-order valence-electron chi connectivity index (χ3n) is 5.55. The van der Waals surface area contributed by atoms with Gasteiger partial charge < -0.3 is 14.6 Å². The van der Waals surface area contributed by atoms with Crippen LogP contribution in [-0.4, -0.2) is 17.6 Å². The standard InChI is InChI=1S/C27H22FN3O2/c1-18-24(14-20(16-29)27(32)30-21-9-7-10-22(15-21)33-2)23-11-4-6-13-26(23)31(18)17-19-8-3-5-12-25(19)28/h3-15H,17H2,1-2H3,(H,30,32)/b20-14+. The van der Waals surface area contributed by atoms with Crippen molar-refractivity contribution in [2.75, 3.05) is 12.4 Å². The van der Waals surface area contributed by atoms with Gasteiger partial charge in [0.1, 0.15) is 23.2 Å². The number of nitrogens with one attached hydrogen (secondary N) is 1. The van der Waals surface area contributed by atoms with E-state index in [4.69, 9.17) is 4.74 Å². The van der Waals surface area contributed by atoms with Crippen molar-refractivity contribution in [1.29, 1.82) is 5.26 Å². The van der Waals surface area contributed by atoms with E-state index in [2.05, 4.69) is 5.32 Å². The summed E-state index contributed by atoms with van der Waals surface area (Å²) in [4.78, 5) is 12.8. The lowest BCUT2D eigenvalue weighted by atomic mass is 10.1. The van der Waals surface area contributed by atoms with Crippen LogP contribution in [0.4, 0.5) is 10.1 Å². The number of ether oxygens (including phenoxy) is 1. The van der Waals surface area contributed by atoms with Crippen molar-refractivity contribution in [2.24, 2.45) is 0 Å². The number of methoxy groups -OCH3 is 1. The van der Waals surface area contributed by atoms with Crippen LogP contribution in [0.5, 0.6) is 5.75 Å². The number of nitriles is 1. The van der Waals surface area contributed by atoms with Gasteiger partial charge >= 0.3 is 0 Å². The number of amides is 1. The Labute approximate surface area is 191 Å². The van der Waals surface area contributed by atoms with E-state index < -0.39 is 5.91 Å². The molecule has 0 spiro atoms. The molecule has 4 aromatic rings. The van der Waals surface area contributed by atoms with Gasteiger partial charge in [-0.05, 0) is 37.3 Å². The van der Waals surface area contributed by atoms with Gasteiger partial charge in [-0.15, -0.1) is 0 Å². The molecule has 0 aliphatic heterocycles. The summed E-state index contributed by atoms with van der Waals surface area (Å²) >= 11 is 0. The van der Waals surface area contributed by atoms with Crippen molar-refractivity contribution < 1.29 is 13.9 Å². The summed E-state index contributed by atoms with van der Waals surface area (Å²) in [6, 6.07) is 23.3. The Morgan fingerprint density at radius 1 is 1.12 bits per heavy atom. The maximum absolute atomic E-state index is 14.3. The smallest absolute Gasteiger partial charge is 0.266 e. The maximum atomic E-state index is 14.3. The van der Waals surface area contributed by atoms with Crippen molar-refractivity contribution in [1.82, 2.24) is 4.57 Å².